The van der Waals surface area contributed by atoms with Gasteiger partial charge in [0.2, 0.25) is 5.95 Å². The molecule has 1 saturated heterocycles. The molecule has 1 aromatic carbocycles. The Balaban J connectivity index is 1.62. The summed E-state index contributed by atoms with van der Waals surface area (Å²) in [6.07, 6.45) is -2.91. The third-order valence-corrected chi connectivity index (χ3v) is 7.16. The second-order valence-electron chi connectivity index (χ2n) is 9.59. The Hall–Kier alpha value is -4.25. The summed E-state index contributed by atoms with van der Waals surface area (Å²) < 4.78 is 73.2. The lowest BCUT2D eigenvalue weighted by molar-refractivity contribution is -0.274. The predicted octanol–water partition coefficient (Wildman–Crippen LogP) is 1.99. The molecule has 17 heteroatoms. The summed E-state index contributed by atoms with van der Waals surface area (Å²) in [7, 11) is -0.589. The Morgan fingerprint density at radius 2 is 1.81 bits per heavy atom. The fourth-order valence-corrected chi connectivity index (χ4v) is 4.66. The molecule has 1 atom stereocenters. The van der Waals surface area contributed by atoms with Crippen LogP contribution in [0.3, 0.4) is 0 Å². The Labute approximate surface area is 239 Å². The number of hydrogen-bond acceptors (Lipinski definition) is 10. The first-order valence-corrected chi connectivity index (χ1v) is 14.4. The number of anilines is 1. The monoisotopic (exact) mass is 611 g/mol. The summed E-state index contributed by atoms with van der Waals surface area (Å²) in [4.78, 5) is 37.5. The van der Waals surface area contributed by atoms with Crippen molar-refractivity contribution in [3.63, 3.8) is 0 Å². The molecule has 0 spiro atoms. The van der Waals surface area contributed by atoms with Gasteiger partial charge in [0.1, 0.15) is 5.75 Å². The number of halogens is 3. The summed E-state index contributed by atoms with van der Waals surface area (Å²) in [5.74, 6) is -1.20. The van der Waals surface area contributed by atoms with Gasteiger partial charge in [-0.05, 0) is 37.3 Å². The average Bonchev–Trinajstić information content (AvgIpc) is 3.38. The molecule has 1 aliphatic heterocycles. The van der Waals surface area contributed by atoms with Gasteiger partial charge in [0.05, 0.1) is 29.7 Å². The normalized spacial score (nSPS) is 14.8. The Morgan fingerprint density at radius 1 is 1.12 bits per heavy atom. The molecule has 226 valence electrons. The predicted molar refractivity (Wildman–Crippen MR) is 142 cm³/mol. The van der Waals surface area contributed by atoms with Crippen LogP contribution in [0.25, 0.3) is 5.82 Å². The van der Waals surface area contributed by atoms with Crippen molar-refractivity contribution in [2.45, 2.75) is 24.2 Å². The number of sulfone groups is 1. The molecule has 13 nitrogen and oxygen atoms in total. The van der Waals surface area contributed by atoms with Crippen LogP contribution >= 0.6 is 0 Å². The van der Waals surface area contributed by atoms with Crippen LogP contribution in [-0.4, -0.2) is 97.9 Å². The summed E-state index contributed by atoms with van der Waals surface area (Å²) in [6.45, 7) is 3.39. The summed E-state index contributed by atoms with van der Waals surface area (Å²) in [5.41, 5.74) is -0.0221. The van der Waals surface area contributed by atoms with Gasteiger partial charge < -0.3 is 24.6 Å². The van der Waals surface area contributed by atoms with Crippen molar-refractivity contribution in [3.05, 3.63) is 53.5 Å². The lowest BCUT2D eigenvalue weighted by Crippen LogP contribution is -2.40. The number of carbonyl (C=O) groups is 2. The molecule has 0 radical (unpaired) electrons. The number of nitrogens with one attached hydrogen (secondary N) is 1. The minimum Gasteiger partial charge on any atom is -0.406 e. The number of benzene rings is 1. The first-order chi connectivity index (χ1) is 19.6. The fourth-order valence-electron chi connectivity index (χ4n) is 3.99. The molecule has 3 aromatic rings. The molecule has 4 rings (SSSR count). The van der Waals surface area contributed by atoms with E-state index in [-0.39, 0.29) is 29.1 Å². The van der Waals surface area contributed by atoms with Gasteiger partial charge in [-0.15, -0.1) is 18.3 Å². The van der Waals surface area contributed by atoms with Crippen LogP contribution in [0.15, 0.2) is 41.4 Å². The Morgan fingerprint density at radius 3 is 2.38 bits per heavy atom. The minimum atomic E-state index is -5.11. The molecule has 0 unspecified atom stereocenters. The molecular formula is C25H28F3N7O6S. The number of aromatic nitrogens is 4. The maximum atomic E-state index is 13.1. The highest BCUT2D eigenvalue weighted by Crippen LogP contribution is 2.28. The zero-order valence-electron chi connectivity index (χ0n) is 23.0. The number of morpholine rings is 1. The molecule has 1 aliphatic rings. The zero-order valence-corrected chi connectivity index (χ0v) is 23.9. The highest BCUT2D eigenvalue weighted by Gasteiger charge is 2.32. The third kappa shape index (κ3) is 7.33. The zero-order chi connectivity index (χ0) is 30.8. The number of pyridine rings is 1. The van der Waals surface area contributed by atoms with E-state index in [0.717, 1.165) is 18.4 Å². The summed E-state index contributed by atoms with van der Waals surface area (Å²) in [5, 5.41) is 7.03. The summed E-state index contributed by atoms with van der Waals surface area (Å²) >= 11 is 0. The number of alkyl halides is 3. The molecule has 2 aromatic heterocycles. The van der Waals surface area contributed by atoms with Crippen LogP contribution in [0, 0.1) is 0 Å². The number of ether oxygens (including phenoxy) is 2. The number of nitrogens with zero attached hydrogens (tertiary/aromatic N) is 6. The van der Waals surface area contributed by atoms with Gasteiger partial charge in [-0.2, -0.15) is 9.67 Å². The molecule has 0 saturated carbocycles. The van der Waals surface area contributed by atoms with Crippen LogP contribution in [0.5, 0.6) is 5.75 Å². The van der Waals surface area contributed by atoms with Crippen LogP contribution in [-0.2, 0) is 14.6 Å². The van der Waals surface area contributed by atoms with Gasteiger partial charge >= 0.3 is 6.36 Å². The number of amides is 2. The number of hydrogen-bond donors (Lipinski definition) is 1. The van der Waals surface area contributed by atoms with E-state index in [1.165, 1.54) is 10.9 Å². The van der Waals surface area contributed by atoms with Gasteiger partial charge in [0.25, 0.3) is 11.8 Å². The van der Waals surface area contributed by atoms with Crippen LogP contribution < -0.4 is 15.0 Å². The smallest absolute Gasteiger partial charge is 0.406 e. The van der Waals surface area contributed by atoms with Crippen molar-refractivity contribution in [2.24, 2.45) is 0 Å². The number of rotatable bonds is 8. The lowest BCUT2D eigenvalue weighted by atomic mass is 10.2. The van der Waals surface area contributed by atoms with Crippen LogP contribution in [0.2, 0.25) is 0 Å². The molecule has 2 amide bonds. The topological polar surface area (TPSA) is 149 Å². The quantitative estimate of drug-likeness (QED) is 0.401. The van der Waals surface area contributed by atoms with Crippen molar-refractivity contribution in [1.82, 2.24) is 30.0 Å². The van der Waals surface area contributed by atoms with Gasteiger partial charge in [-0.1, -0.05) is 0 Å². The molecule has 1 N–H and O–H groups in total. The standard InChI is InChI=1S/C25H28F3N7O6S/c1-15(30-22(36)17-11-18(41-25(26,27)28)13-19(12-17)42(4,38)39)21-31-24(33(2)3)32-35(21)20-6-5-16(14-29-20)23(37)34-7-9-40-10-8-34/h5-6,11-15H,7-10H2,1-4H3,(H,30,36)/t15-/m0/s1. The Bertz CT molecular complexity index is 1570. The van der Waals surface area contributed by atoms with Gasteiger partial charge in [-0.25, -0.2) is 13.4 Å². The van der Waals surface area contributed by atoms with Gasteiger partial charge in [-0.3, -0.25) is 9.59 Å². The van der Waals surface area contributed by atoms with E-state index in [4.69, 9.17) is 4.74 Å². The van der Waals surface area contributed by atoms with Gasteiger partial charge in [0.15, 0.2) is 21.5 Å². The molecule has 3 heterocycles. The van der Waals surface area contributed by atoms with Crippen molar-refractivity contribution in [1.29, 1.82) is 0 Å². The van der Waals surface area contributed by atoms with Crippen molar-refractivity contribution in [2.75, 3.05) is 51.6 Å². The molecule has 1 fully saturated rings. The van der Waals surface area contributed by atoms with Crippen LogP contribution in [0.1, 0.15) is 39.5 Å². The van der Waals surface area contributed by atoms with E-state index in [0.29, 0.717) is 37.9 Å². The molecular weight excluding hydrogens is 583 g/mol. The first-order valence-electron chi connectivity index (χ1n) is 12.5. The van der Waals surface area contributed by atoms with Crippen LogP contribution in [0.4, 0.5) is 19.1 Å². The van der Waals surface area contributed by atoms with E-state index < -0.39 is 38.8 Å². The van der Waals surface area contributed by atoms with E-state index in [1.54, 1.807) is 43.0 Å². The number of carbonyl (C=O) groups excluding carboxylic acids is 2. The minimum absolute atomic E-state index is 0.198. The maximum Gasteiger partial charge on any atom is 0.573 e. The van der Waals surface area contributed by atoms with E-state index in [1.807, 2.05) is 0 Å². The van der Waals surface area contributed by atoms with Gasteiger partial charge in [0, 0.05) is 45.2 Å². The summed E-state index contributed by atoms with van der Waals surface area (Å²) in [6, 6.07) is 4.68. The largest absolute Gasteiger partial charge is 0.573 e. The van der Waals surface area contributed by atoms with Crippen molar-refractivity contribution < 1.29 is 40.7 Å². The van der Waals surface area contributed by atoms with Crippen molar-refractivity contribution in [3.8, 4) is 11.6 Å². The van der Waals surface area contributed by atoms with E-state index in [2.05, 4.69) is 25.1 Å². The molecule has 42 heavy (non-hydrogen) atoms. The van der Waals surface area contributed by atoms with E-state index >= 15 is 0 Å². The van der Waals surface area contributed by atoms with E-state index in [9.17, 15) is 31.2 Å². The second kappa shape index (κ2) is 11.9. The Kier molecular flexibility index (Phi) is 8.72. The third-order valence-electron chi connectivity index (χ3n) is 6.07. The average molecular weight is 612 g/mol. The maximum absolute atomic E-state index is 13.1. The first kappa shape index (κ1) is 30.7. The molecule has 0 bridgehead atoms. The second-order valence-corrected chi connectivity index (χ2v) is 11.6. The fraction of sp³-hybridized carbons (Fsp3) is 0.400. The molecule has 0 aliphatic carbocycles. The highest BCUT2D eigenvalue weighted by molar-refractivity contribution is 7.90. The SMILES string of the molecule is C[C@H](NC(=O)c1cc(OC(F)(F)F)cc(S(C)(=O)=O)c1)c1nc(N(C)C)nn1-c1ccc(C(=O)N2CCOCC2)cn1. The van der Waals surface area contributed by atoms with Crippen molar-refractivity contribution >= 4 is 27.6 Å². The highest BCUT2D eigenvalue weighted by atomic mass is 32.2. The lowest BCUT2D eigenvalue weighted by Gasteiger charge is -2.26.